The van der Waals surface area contributed by atoms with Gasteiger partial charge in [0.2, 0.25) is 0 Å². The number of benzene rings is 1. The molecule has 0 radical (unpaired) electrons. The Kier molecular flexibility index (Phi) is 2.15. The van der Waals surface area contributed by atoms with E-state index >= 15 is 0 Å². The van der Waals surface area contributed by atoms with Gasteiger partial charge in [-0.25, -0.2) is 0 Å². The standard InChI is InChI=1S/C8H10N2/c1-7-3-5-8(6-4-7)10-9-2/h3-6H,1-2H3/b10-9+. The van der Waals surface area contributed by atoms with Crippen molar-refractivity contribution in [1.29, 1.82) is 0 Å². The number of nitrogens with zero attached hydrogens (tertiary/aromatic N) is 2. The van der Waals surface area contributed by atoms with Crippen molar-refractivity contribution in [3.05, 3.63) is 29.8 Å². The van der Waals surface area contributed by atoms with E-state index < -0.39 is 0 Å². The van der Waals surface area contributed by atoms with E-state index in [1.165, 1.54) is 5.56 Å². The van der Waals surface area contributed by atoms with Crippen molar-refractivity contribution in [2.45, 2.75) is 6.92 Å². The zero-order valence-corrected chi connectivity index (χ0v) is 6.20. The van der Waals surface area contributed by atoms with E-state index in [9.17, 15) is 0 Å². The highest BCUT2D eigenvalue weighted by atomic mass is 15.1. The maximum absolute atomic E-state index is 3.87. The summed E-state index contributed by atoms with van der Waals surface area (Å²) >= 11 is 0. The third-order valence-corrected chi connectivity index (χ3v) is 1.25. The van der Waals surface area contributed by atoms with Crippen LogP contribution in [0.1, 0.15) is 5.56 Å². The van der Waals surface area contributed by atoms with Gasteiger partial charge in [-0.1, -0.05) is 17.7 Å². The lowest BCUT2D eigenvalue weighted by molar-refractivity contribution is 1.17. The van der Waals surface area contributed by atoms with Gasteiger partial charge in [0.25, 0.3) is 0 Å². The zero-order chi connectivity index (χ0) is 7.40. The number of hydrogen-bond donors (Lipinski definition) is 0. The first-order valence-electron chi connectivity index (χ1n) is 3.19. The molecule has 0 heterocycles. The molecule has 0 spiro atoms. The summed E-state index contributed by atoms with van der Waals surface area (Å²) in [5.41, 5.74) is 2.16. The Balaban J connectivity index is 2.89. The van der Waals surface area contributed by atoms with Crippen LogP contribution < -0.4 is 0 Å². The predicted octanol–water partition coefficient (Wildman–Crippen LogP) is 2.71. The lowest BCUT2D eigenvalue weighted by Crippen LogP contribution is -1.67. The average molecular weight is 134 g/mol. The lowest BCUT2D eigenvalue weighted by atomic mass is 10.2. The Hall–Kier alpha value is -1.18. The van der Waals surface area contributed by atoms with E-state index in [-0.39, 0.29) is 0 Å². The molecule has 0 aliphatic carbocycles. The molecule has 0 atom stereocenters. The molecule has 2 nitrogen and oxygen atoms in total. The molecule has 0 saturated carbocycles. The van der Waals surface area contributed by atoms with E-state index in [1.807, 2.05) is 31.2 Å². The van der Waals surface area contributed by atoms with Gasteiger partial charge in [0.1, 0.15) is 0 Å². The molecule has 1 aromatic rings. The van der Waals surface area contributed by atoms with Gasteiger partial charge in [-0.15, -0.1) is 0 Å². The number of rotatable bonds is 1. The fourth-order valence-corrected chi connectivity index (χ4v) is 0.727. The Labute approximate surface area is 60.6 Å². The van der Waals surface area contributed by atoms with Crippen molar-refractivity contribution in [2.24, 2.45) is 10.2 Å². The van der Waals surface area contributed by atoms with E-state index in [4.69, 9.17) is 0 Å². The normalized spacial score (nSPS) is 10.6. The summed E-state index contributed by atoms with van der Waals surface area (Å²) in [6.45, 7) is 2.05. The van der Waals surface area contributed by atoms with Crippen molar-refractivity contribution in [3.63, 3.8) is 0 Å². The summed E-state index contributed by atoms with van der Waals surface area (Å²) in [6.07, 6.45) is 0. The van der Waals surface area contributed by atoms with Crippen LogP contribution in [0.25, 0.3) is 0 Å². The van der Waals surface area contributed by atoms with Crippen LogP contribution in [-0.4, -0.2) is 7.05 Å². The smallest absolute Gasteiger partial charge is 0.0852 e. The van der Waals surface area contributed by atoms with Gasteiger partial charge in [-0.3, -0.25) is 0 Å². The van der Waals surface area contributed by atoms with Crippen molar-refractivity contribution >= 4 is 5.69 Å². The SMILES string of the molecule is C/N=N/c1ccc(C)cc1. The molecule has 0 saturated heterocycles. The topological polar surface area (TPSA) is 24.7 Å². The molecular formula is C8H10N2. The van der Waals surface area contributed by atoms with Crippen LogP contribution >= 0.6 is 0 Å². The van der Waals surface area contributed by atoms with Crippen molar-refractivity contribution in [3.8, 4) is 0 Å². The first-order chi connectivity index (χ1) is 4.83. The average Bonchev–Trinajstić information content (AvgIpc) is 1.95. The molecule has 1 rings (SSSR count). The Bertz CT molecular complexity index is 224. The van der Waals surface area contributed by atoms with Crippen LogP contribution in [-0.2, 0) is 0 Å². The number of hydrogen-bond acceptors (Lipinski definition) is 2. The molecule has 2 heteroatoms. The second-order valence-corrected chi connectivity index (χ2v) is 2.14. The molecule has 0 aliphatic rings. The number of azo groups is 1. The minimum atomic E-state index is 0.910. The van der Waals surface area contributed by atoms with Gasteiger partial charge in [-0.05, 0) is 19.1 Å². The molecule has 0 aromatic heterocycles. The number of aryl methyl sites for hydroxylation is 1. The molecule has 1 aromatic carbocycles. The minimum Gasteiger partial charge on any atom is -0.192 e. The van der Waals surface area contributed by atoms with Crippen molar-refractivity contribution in [1.82, 2.24) is 0 Å². The van der Waals surface area contributed by atoms with E-state index in [2.05, 4.69) is 10.2 Å². The molecule has 0 N–H and O–H groups in total. The quantitative estimate of drug-likeness (QED) is 0.527. The summed E-state index contributed by atoms with van der Waals surface area (Å²) in [5.74, 6) is 0. The summed E-state index contributed by atoms with van der Waals surface area (Å²) in [7, 11) is 1.67. The van der Waals surface area contributed by atoms with E-state index in [0.717, 1.165) is 5.69 Å². The fourth-order valence-electron chi connectivity index (χ4n) is 0.727. The van der Waals surface area contributed by atoms with E-state index in [0.29, 0.717) is 0 Å². The highest BCUT2D eigenvalue weighted by Gasteiger charge is 1.85. The highest BCUT2D eigenvalue weighted by molar-refractivity contribution is 5.37. The predicted molar refractivity (Wildman–Crippen MR) is 41.6 cm³/mol. The zero-order valence-electron chi connectivity index (χ0n) is 6.20. The van der Waals surface area contributed by atoms with Gasteiger partial charge >= 0.3 is 0 Å². The maximum Gasteiger partial charge on any atom is 0.0852 e. The maximum atomic E-state index is 3.87. The molecule has 0 unspecified atom stereocenters. The third-order valence-electron chi connectivity index (χ3n) is 1.25. The first kappa shape index (κ1) is 6.93. The van der Waals surface area contributed by atoms with Gasteiger partial charge in [0.15, 0.2) is 0 Å². The van der Waals surface area contributed by atoms with Crippen LogP contribution in [0.15, 0.2) is 34.5 Å². The van der Waals surface area contributed by atoms with Crippen LogP contribution in [0.3, 0.4) is 0 Å². The molecular weight excluding hydrogens is 124 g/mol. The third kappa shape index (κ3) is 1.65. The Morgan fingerprint density at radius 3 is 2.20 bits per heavy atom. The highest BCUT2D eigenvalue weighted by Crippen LogP contribution is 2.11. The minimum absolute atomic E-state index is 0.910. The first-order valence-corrected chi connectivity index (χ1v) is 3.19. The van der Waals surface area contributed by atoms with Crippen LogP contribution in [0, 0.1) is 6.92 Å². The van der Waals surface area contributed by atoms with Gasteiger partial charge in [0.05, 0.1) is 5.69 Å². The van der Waals surface area contributed by atoms with E-state index in [1.54, 1.807) is 7.05 Å². The second-order valence-electron chi connectivity index (χ2n) is 2.14. The molecule has 0 amide bonds. The molecule has 52 valence electrons. The summed E-state index contributed by atoms with van der Waals surface area (Å²) < 4.78 is 0. The Morgan fingerprint density at radius 2 is 1.70 bits per heavy atom. The van der Waals surface area contributed by atoms with Crippen LogP contribution in [0.4, 0.5) is 5.69 Å². The van der Waals surface area contributed by atoms with Crippen LogP contribution in [0.5, 0.6) is 0 Å². The molecule has 0 aliphatic heterocycles. The monoisotopic (exact) mass is 134 g/mol. The van der Waals surface area contributed by atoms with Crippen LogP contribution in [0.2, 0.25) is 0 Å². The van der Waals surface area contributed by atoms with Gasteiger partial charge in [-0.2, -0.15) is 10.2 Å². The summed E-state index contributed by atoms with van der Waals surface area (Å²) in [4.78, 5) is 0. The summed E-state index contributed by atoms with van der Waals surface area (Å²) in [6, 6.07) is 7.93. The van der Waals surface area contributed by atoms with Crippen molar-refractivity contribution < 1.29 is 0 Å². The van der Waals surface area contributed by atoms with Gasteiger partial charge in [0, 0.05) is 7.05 Å². The Morgan fingerprint density at radius 1 is 1.10 bits per heavy atom. The molecule has 10 heavy (non-hydrogen) atoms. The fraction of sp³-hybridized carbons (Fsp3) is 0.250. The lowest BCUT2D eigenvalue weighted by Gasteiger charge is -1.90. The second kappa shape index (κ2) is 3.11. The van der Waals surface area contributed by atoms with Crippen molar-refractivity contribution in [2.75, 3.05) is 7.05 Å². The largest absolute Gasteiger partial charge is 0.192 e. The molecule has 0 fully saturated rings. The molecule has 0 bridgehead atoms. The van der Waals surface area contributed by atoms with Gasteiger partial charge < -0.3 is 0 Å². The summed E-state index contributed by atoms with van der Waals surface area (Å²) in [5, 5.41) is 7.53.